The van der Waals surface area contributed by atoms with Gasteiger partial charge in [0.25, 0.3) is 5.91 Å². The summed E-state index contributed by atoms with van der Waals surface area (Å²) in [5.41, 5.74) is 0.620. The molecule has 2 N–H and O–H groups in total. The van der Waals surface area contributed by atoms with Gasteiger partial charge in [0.05, 0.1) is 17.9 Å². The Morgan fingerprint density at radius 1 is 1.28 bits per heavy atom. The molecule has 1 atom stereocenters. The van der Waals surface area contributed by atoms with Gasteiger partial charge in [0.2, 0.25) is 0 Å². The van der Waals surface area contributed by atoms with Gasteiger partial charge in [-0.1, -0.05) is 25.7 Å². The zero-order valence-corrected chi connectivity index (χ0v) is 15.4. The summed E-state index contributed by atoms with van der Waals surface area (Å²) in [4.78, 5) is 14.5. The number of amides is 1. The van der Waals surface area contributed by atoms with Crippen molar-refractivity contribution in [1.29, 1.82) is 0 Å². The van der Waals surface area contributed by atoms with Crippen molar-refractivity contribution in [3.63, 3.8) is 0 Å². The van der Waals surface area contributed by atoms with Crippen molar-refractivity contribution in [2.24, 2.45) is 18.9 Å². The Morgan fingerprint density at radius 3 is 2.64 bits per heavy atom. The molecule has 0 unspecified atom stereocenters. The molecule has 6 heteroatoms. The SMILES string of the molecule is Cn1cc(C(=O)NCC2CCN(C[C@@H](O)CC3CCCC3)CC2)cn1. The third-order valence-corrected chi connectivity index (χ3v) is 5.77. The van der Waals surface area contributed by atoms with E-state index in [2.05, 4.69) is 15.3 Å². The fraction of sp³-hybridized carbons (Fsp3) is 0.789. The van der Waals surface area contributed by atoms with Gasteiger partial charge in [-0.3, -0.25) is 9.48 Å². The zero-order chi connectivity index (χ0) is 17.6. The minimum absolute atomic E-state index is 0.0393. The molecule has 3 rings (SSSR count). The number of likely N-dealkylation sites (tertiary alicyclic amines) is 1. The summed E-state index contributed by atoms with van der Waals surface area (Å²) in [5, 5.41) is 17.4. The molecular formula is C19H32N4O2. The molecule has 1 saturated carbocycles. The number of hydrogen-bond donors (Lipinski definition) is 2. The number of aliphatic hydroxyl groups is 1. The minimum Gasteiger partial charge on any atom is -0.392 e. The highest BCUT2D eigenvalue weighted by atomic mass is 16.3. The smallest absolute Gasteiger partial charge is 0.254 e. The van der Waals surface area contributed by atoms with E-state index in [-0.39, 0.29) is 12.0 Å². The molecule has 0 spiro atoms. The number of carbonyl (C=O) groups excluding carboxylic acids is 1. The second kappa shape index (κ2) is 8.81. The van der Waals surface area contributed by atoms with Gasteiger partial charge in [0.1, 0.15) is 0 Å². The second-order valence-electron chi connectivity index (χ2n) is 7.90. The molecule has 0 aromatic carbocycles. The Hall–Kier alpha value is -1.40. The van der Waals surface area contributed by atoms with Gasteiger partial charge >= 0.3 is 0 Å². The average Bonchev–Trinajstić information content (AvgIpc) is 3.25. The quantitative estimate of drug-likeness (QED) is 0.788. The lowest BCUT2D eigenvalue weighted by atomic mass is 9.95. The van der Waals surface area contributed by atoms with Gasteiger partial charge in [-0.05, 0) is 44.2 Å². The first-order chi connectivity index (χ1) is 12.1. The van der Waals surface area contributed by atoms with Crippen molar-refractivity contribution in [3.05, 3.63) is 18.0 Å². The van der Waals surface area contributed by atoms with Crippen LogP contribution in [-0.4, -0.2) is 58.0 Å². The topological polar surface area (TPSA) is 70.4 Å². The summed E-state index contributed by atoms with van der Waals surface area (Å²) >= 11 is 0. The van der Waals surface area contributed by atoms with Crippen LogP contribution in [0.1, 0.15) is 55.3 Å². The Labute approximate surface area is 150 Å². The molecule has 140 valence electrons. The molecule has 0 bridgehead atoms. The summed E-state index contributed by atoms with van der Waals surface area (Å²) < 4.78 is 1.64. The van der Waals surface area contributed by atoms with Gasteiger partial charge in [0.15, 0.2) is 0 Å². The highest BCUT2D eigenvalue weighted by Crippen LogP contribution is 2.29. The van der Waals surface area contributed by atoms with E-state index in [4.69, 9.17) is 0 Å². The summed E-state index contributed by atoms with van der Waals surface area (Å²) in [6.45, 7) is 3.59. The number of nitrogens with zero attached hydrogens (tertiary/aromatic N) is 3. The Kier molecular flexibility index (Phi) is 6.48. The summed E-state index contributed by atoms with van der Waals surface area (Å²) in [6.07, 6.45) is 11.6. The van der Waals surface area contributed by atoms with E-state index in [1.807, 2.05) is 7.05 Å². The fourth-order valence-corrected chi connectivity index (χ4v) is 4.25. The summed E-state index contributed by atoms with van der Waals surface area (Å²) in [5.74, 6) is 1.24. The third-order valence-electron chi connectivity index (χ3n) is 5.77. The number of aromatic nitrogens is 2. The van der Waals surface area contributed by atoms with Crippen LogP contribution in [0.25, 0.3) is 0 Å². The van der Waals surface area contributed by atoms with Crippen LogP contribution in [0, 0.1) is 11.8 Å². The standard InChI is InChI=1S/C19H32N4O2/c1-22-13-17(12-21-22)19(25)20-11-16-6-8-23(9-7-16)14-18(24)10-15-4-2-3-5-15/h12-13,15-16,18,24H,2-11,14H2,1H3,(H,20,25)/t18-/m0/s1. The van der Waals surface area contributed by atoms with Crippen LogP contribution in [0.2, 0.25) is 0 Å². The number of piperidine rings is 1. The number of rotatable bonds is 7. The van der Waals surface area contributed by atoms with E-state index >= 15 is 0 Å². The first-order valence-corrected chi connectivity index (χ1v) is 9.77. The largest absolute Gasteiger partial charge is 0.392 e. The van der Waals surface area contributed by atoms with E-state index in [1.165, 1.54) is 25.7 Å². The van der Waals surface area contributed by atoms with Crippen molar-refractivity contribution in [2.45, 2.75) is 51.0 Å². The van der Waals surface area contributed by atoms with Crippen LogP contribution >= 0.6 is 0 Å². The lowest BCUT2D eigenvalue weighted by molar-refractivity contribution is 0.0721. The highest BCUT2D eigenvalue weighted by Gasteiger charge is 2.24. The predicted octanol–water partition coefficient (Wildman–Crippen LogP) is 1.80. The van der Waals surface area contributed by atoms with E-state index in [0.717, 1.165) is 51.4 Å². The predicted molar refractivity (Wildman–Crippen MR) is 97.3 cm³/mol. The van der Waals surface area contributed by atoms with Crippen LogP contribution in [0.3, 0.4) is 0 Å². The van der Waals surface area contributed by atoms with Crippen molar-refractivity contribution in [3.8, 4) is 0 Å². The molecule has 2 fully saturated rings. The number of carbonyl (C=O) groups is 1. The van der Waals surface area contributed by atoms with E-state index < -0.39 is 0 Å². The fourth-order valence-electron chi connectivity index (χ4n) is 4.25. The monoisotopic (exact) mass is 348 g/mol. The first kappa shape index (κ1) is 18.4. The van der Waals surface area contributed by atoms with Gasteiger partial charge in [-0.15, -0.1) is 0 Å². The van der Waals surface area contributed by atoms with Crippen LogP contribution < -0.4 is 5.32 Å². The molecule has 1 aromatic heterocycles. The summed E-state index contributed by atoms with van der Waals surface area (Å²) in [6, 6.07) is 0. The Morgan fingerprint density at radius 2 is 2.00 bits per heavy atom. The van der Waals surface area contributed by atoms with Gasteiger partial charge in [-0.2, -0.15) is 5.10 Å². The molecular weight excluding hydrogens is 316 g/mol. The van der Waals surface area contributed by atoms with Gasteiger partial charge < -0.3 is 15.3 Å². The maximum Gasteiger partial charge on any atom is 0.254 e. The van der Waals surface area contributed by atoms with Crippen molar-refractivity contribution in [2.75, 3.05) is 26.2 Å². The number of β-amino-alcohol motifs (C(OH)–C–C–N with tert-alkyl or cyclic N) is 1. The molecule has 1 amide bonds. The third kappa shape index (κ3) is 5.54. The maximum absolute atomic E-state index is 12.1. The molecule has 25 heavy (non-hydrogen) atoms. The van der Waals surface area contributed by atoms with Crippen LogP contribution in [0.15, 0.2) is 12.4 Å². The molecule has 0 radical (unpaired) electrons. The number of aliphatic hydroxyl groups excluding tert-OH is 1. The van der Waals surface area contributed by atoms with Crippen molar-refractivity contribution in [1.82, 2.24) is 20.0 Å². The number of nitrogens with one attached hydrogen (secondary N) is 1. The lowest BCUT2D eigenvalue weighted by Gasteiger charge is -2.33. The van der Waals surface area contributed by atoms with Crippen molar-refractivity contribution < 1.29 is 9.90 Å². The molecule has 1 aromatic rings. The van der Waals surface area contributed by atoms with Gasteiger partial charge in [0, 0.05) is 26.3 Å². The van der Waals surface area contributed by atoms with E-state index in [1.54, 1.807) is 17.1 Å². The molecule has 2 aliphatic rings. The summed E-state index contributed by atoms with van der Waals surface area (Å²) in [7, 11) is 1.81. The van der Waals surface area contributed by atoms with Crippen LogP contribution in [-0.2, 0) is 7.05 Å². The molecule has 6 nitrogen and oxygen atoms in total. The minimum atomic E-state index is -0.176. The van der Waals surface area contributed by atoms with Gasteiger partial charge in [-0.25, -0.2) is 0 Å². The molecule has 2 heterocycles. The Bertz CT molecular complexity index is 545. The number of aryl methyl sites for hydroxylation is 1. The molecule has 1 saturated heterocycles. The van der Waals surface area contributed by atoms with Crippen molar-refractivity contribution >= 4 is 5.91 Å². The lowest BCUT2D eigenvalue weighted by Crippen LogP contribution is -2.42. The zero-order valence-electron chi connectivity index (χ0n) is 15.4. The average molecular weight is 348 g/mol. The highest BCUT2D eigenvalue weighted by molar-refractivity contribution is 5.93. The van der Waals surface area contributed by atoms with E-state index in [0.29, 0.717) is 11.5 Å². The Balaban J connectivity index is 1.32. The molecule has 1 aliphatic carbocycles. The maximum atomic E-state index is 12.1. The first-order valence-electron chi connectivity index (χ1n) is 9.77. The van der Waals surface area contributed by atoms with Crippen LogP contribution in [0.4, 0.5) is 0 Å². The number of hydrogen-bond acceptors (Lipinski definition) is 4. The normalized spacial score (nSPS) is 21.5. The van der Waals surface area contributed by atoms with Crippen LogP contribution in [0.5, 0.6) is 0 Å². The second-order valence-corrected chi connectivity index (χ2v) is 7.90. The molecule has 1 aliphatic heterocycles. The van der Waals surface area contributed by atoms with E-state index in [9.17, 15) is 9.90 Å².